The number of esters is 1. The molecule has 0 aromatic heterocycles. The van der Waals surface area contributed by atoms with Gasteiger partial charge in [0, 0.05) is 12.5 Å². The van der Waals surface area contributed by atoms with Gasteiger partial charge in [0.1, 0.15) is 16.7 Å². The number of carbonyl (C=O) groups excluding carboxylic acids is 1. The fourth-order valence-electron chi connectivity index (χ4n) is 3.66. The molecule has 0 aliphatic carbocycles. The molecule has 0 amide bonds. The molecule has 9 heteroatoms. The van der Waals surface area contributed by atoms with Crippen LogP contribution in [0.15, 0.2) is 71.6 Å². The number of halogens is 1. The van der Waals surface area contributed by atoms with Gasteiger partial charge >= 0.3 is 5.97 Å². The molecule has 3 aromatic rings. The van der Waals surface area contributed by atoms with Crippen molar-refractivity contribution in [1.82, 2.24) is 0 Å². The van der Waals surface area contributed by atoms with E-state index in [-0.39, 0.29) is 22.2 Å². The number of anilines is 1. The Labute approximate surface area is 216 Å². The maximum atomic E-state index is 13.7. The number of hydrogen-bond donors (Lipinski definition) is 0. The molecule has 3 rings (SSSR count). The highest BCUT2D eigenvalue weighted by Crippen LogP contribution is 2.33. The molecule has 0 saturated carbocycles. The van der Waals surface area contributed by atoms with Crippen LogP contribution in [0.3, 0.4) is 0 Å². The molecule has 0 N–H and O–H groups in total. The number of hydrogen-bond acceptors (Lipinski definition) is 6. The van der Waals surface area contributed by atoms with Crippen molar-refractivity contribution in [3.05, 3.63) is 88.4 Å². The molecule has 0 aliphatic rings. The van der Waals surface area contributed by atoms with Gasteiger partial charge in [-0.1, -0.05) is 35.9 Å². The number of carbonyl (C=O) groups is 1. The second-order valence-corrected chi connectivity index (χ2v) is 10.3. The summed E-state index contributed by atoms with van der Waals surface area (Å²) in [5.41, 5.74) is 2.58. The number of benzene rings is 3. The maximum Gasteiger partial charge on any atom is 0.329 e. The van der Waals surface area contributed by atoms with Crippen molar-refractivity contribution < 1.29 is 22.7 Å². The third kappa shape index (κ3) is 6.36. The Morgan fingerprint density at radius 3 is 2.44 bits per heavy atom. The number of nitrogens with zero attached hydrogens (tertiary/aromatic N) is 2. The number of sulfonamides is 1. The second-order valence-electron chi connectivity index (χ2n) is 8.07. The van der Waals surface area contributed by atoms with Gasteiger partial charge in [-0.3, -0.25) is 4.31 Å². The van der Waals surface area contributed by atoms with Gasteiger partial charge in [0.2, 0.25) is 0 Å². The summed E-state index contributed by atoms with van der Waals surface area (Å²) in [6, 6.07) is 19.3. The van der Waals surface area contributed by atoms with E-state index in [0.717, 1.165) is 15.4 Å². The van der Waals surface area contributed by atoms with Crippen LogP contribution in [-0.4, -0.2) is 33.6 Å². The minimum Gasteiger partial charge on any atom is -0.493 e. The summed E-state index contributed by atoms with van der Waals surface area (Å²) >= 11 is 6.23. The van der Waals surface area contributed by atoms with E-state index in [4.69, 9.17) is 26.3 Å². The van der Waals surface area contributed by atoms with Crippen LogP contribution in [0.5, 0.6) is 5.75 Å². The Kier molecular flexibility index (Phi) is 8.97. The zero-order chi connectivity index (χ0) is 26.3. The molecule has 1 unspecified atom stereocenters. The lowest BCUT2D eigenvalue weighted by molar-refractivity contribution is -0.144. The summed E-state index contributed by atoms with van der Waals surface area (Å²) in [5, 5.41) is 8.99. The summed E-state index contributed by atoms with van der Waals surface area (Å²) in [7, 11) is -4.23. The maximum absolute atomic E-state index is 13.7. The Balaban J connectivity index is 1.94. The van der Waals surface area contributed by atoms with Gasteiger partial charge in [-0.15, -0.1) is 0 Å². The van der Waals surface area contributed by atoms with Crippen LogP contribution in [0.25, 0.3) is 0 Å². The first-order valence-corrected chi connectivity index (χ1v) is 13.2. The fourth-order valence-corrected chi connectivity index (χ4v) is 5.75. The van der Waals surface area contributed by atoms with E-state index in [1.807, 2.05) is 19.1 Å². The average Bonchev–Trinajstić information content (AvgIpc) is 2.84. The monoisotopic (exact) mass is 526 g/mol. The minimum absolute atomic E-state index is 0.0464. The largest absolute Gasteiger partial charge is 0.493 e. The highest BCUT2D eigenvalue weighted by atomic mass is 35.5. The Morgan fingerprint density at radius 2 is 1.81 bits per heavy atom. The van der Waals surface area contributed by atoms with Crippen molar-refractivity contribution in [2.45, 2.75) is 38.1 Å². The van der Waals surface area contributed by atoms with E-state index >= 15 is 0 Å². The lowest BCUT2D eigenvalue weighted by Gasteiger charge is -2.30. The highest BCUT2D eigenvalue weighted by Gasteiger charge is 2.35. The number of rotatable bonds is 10. The molecular weight excluding hydrogens is 500 g/mol. The molecule has 0 spiro atoms. The van der Waals surface area contributed by atoms with Crippen molar-refractivity contribution in [3.63, 3.8) is 0 Å². The lowest BCUT2D eigenvalue weighted by atomic mass is 10.1. The lowest BCUT2D eigenvalue weighted by Crippen LogP contribution is -2.44. The van der Waals surface area contributed by atoms with Crippen LogP contribution in [0.1, 0.15) is 30.5 Å². The standard InChI is InChI=1S/C27H27ClN2O5S/c1-4-34-27(31)20(3)30(36(32,33)26-8-6-5-7-25(26)28)23-15-19(2)16-24(17-23)35-14-13-21-9-11-22(18-29)12-10-21/h5-12,15-17,20H,4,13-14H2,1-3H3. The molecule has 0 fully saturated rings. The van der Waals surface area contributed by atoms with E-state index in [1.165, 1.54) is 19.1 Å². The minimum atomic E-state index is -4.23. The molecule has 188 valence electrons. The SMILES string of the molecule is CCOC(=O)C(C)N(c1cc(C)cc(OCCc2ccc(C#N)cc2)c1)S(=O)(=O)c1ccccc1Cl. The average molecular weight is 527 g/mol. The van der Waals surface area contributed by atoms with E-state index in [9.17, 15) is 13.2 Å². The molecule has 0 bridgehead atoms. The van der Waals surface area contributed by atoms with Gasteiger partial charge in [-0.05, 0) is 68.3 Å². The smallest absolute Gasteiger partial charge is 0.329 e. The predicted molar refractivity (Wildman–Crippen MR) is 139 cm³/mol. The molecule has 0 aliphatic heterocycles. The summed E-state index contributed by atoms with van der Waals surface area (Å²) in [4.78, 5) is 12.5. The molecular formula is C27H27ClN2O5S. The van der Waals surface area contributed by atoms with Crippen molar-refractivity contribution in [3.8, 4) is 11.8 Å². The van der Waals surface area contributed by atoms with E-state index in [1.54, 1.807) is 49.4 Å². The zero-order valence-corrected chi connectivity index (χ0v) is 21.8. The fraction of sp³-hybridized carbons (Fsp3) is 0.259. The quantitative estimate of drug-likeness (QED) is 0.333. The van der Waals surface area contributed by atoms with Gasteiger partial charge < -0.3 is 9.47 Å². The van der Waals surface area contributed by atoms with Gasteiger partial charge in [0.25, 0.3) is 10.0 Å². The van der Waals surface area contributed by atoms with Crippen molar-refractivity contribution >= 4 is 33.3 Å². The summed E-state index contributed by atoms with van der Waals surface area (Å²) in [5.74, 6) is -0.230. The molecule has 1 atom stereocenters. The summed E-state index contributed by atoms with van der Waals surface area (Å²) in [6.45, 7) is 5.39. The van der Waals surface area contributed by atoms with Gasteiger partial charge in [0.05, 0.1) is 35.6 Å². The first kappa shape index (κ1) is 27.1. The van der Waals surface area contributed by atoms with Crippen LogP contribution in [-0.2, 0) is 26.0 Å². The molecule has 0 radical (unpaired) electrons. The second kappa shape index (κ2) is 11.9. The number of nitriles is 1. The van der Waals surface area contributed by atoms with Gasteiger partial charge in [0.15, 0.2) is 0 Å². The van der Waals surface area contributed by atoms with Gasteiger partial charge in [-0.2, -0.15) is 5.26 Å². The Hall–Kier alpha value is -3.54. The third-order valence-corrected chi connectivity index (χ3v) is 7.78. The molecule has 3 aromatic carbocycles. The van der Waals surface area contributed by atoms with Crippen molar-refractivity contribution in [2.75, 3.05) is 17.5 Å². The zero-order valence-electron chi connectivity index (χ0n) is 20.3. The number of aryl methyl sites for hydroxylation is 1. The molecule has 0 heterocycles. The molecule has 0 saturated heterocycles. The van der Waals surface area contributed by atoms with Crippen LogP contribution in [0.2, 0.25) is 5.02 Å². The first-order valence-electron chi connectivity index (χ1n) is 11.4. The van der Waals surface area contributed by atoms with E-state index in [0.29, 0.717) is 24.3 Å². The molecule has 7 nitrogen and oxygen atoms in total. The summed E-state index contributed by atoms with van der Waals surface area (Å²) < 4.78 is 39.6. The van der Waals surface area contributed by atoms with E-state index < -0.39 is 22.0 Å². The Bertz CT molecular complexity index is 1370. The van der Waals surface area contributed by atoms with Crippen LogP contribution < -0.4 is 9.04 Å². The van der Waals surface area contributed by atoms with Crippen molar-refractivity contribution in [1.29, 1.82) is 5.26 Å². The summed E-state index contributed by atoms with van der Waals surface area (Å²) in [6.07, 6.45) is 0.593. The highest BCUT2D eigenvalue weighted by molar-refractivity contribution is 7.93. The van der Waals surface area contributed by atoms with Crippen LogP contribution in [0, 0.1) is 18.3 Å². The topological polar surface area (TPSA) is 96.7 Å². The first-order chi connectivity index (χ1) is 17.2. The predicted octanol–water partition coefficient (Wildman–Crippen LogP) is 5.29. The van der Waals surface area contributed by atoms with Crippen molar-refractivity contribution in [2.24, 2.45) is 0 Å². The number of ether oxygens (including phenoxy) is 2. The van der Waals surface area contributed by atoms with Crippen LogP contribution >= 0.6 is 11.6 Å². The van der Waals surface area contributed by atoms with Gasteiger partial charge in [-0.25, -0.2) is 13.2 Å². The Morgan fingerprint density at radius 1 is 1.11 bits per heavy atom. The van der Waals surface area contributed by atoms with E-state index in [2.05, 4.69) is 6.07 Å². The molecule has 36 heavy (non-hydrogen) atoms. The third-order valence-electron chi connectivity index (χ3n) is 5.39. The van der Waals surface area contributed by atoms with Crippen LogP contribution in [0.4, 0.5) is 5.69 Å². The normalized spacial score (nSPS) is 11.9.